The summed E-state index contributed by atoms with van der Waals surface area (Å²) in [5.41, 5.74) is 1.39. The Bertz CT molecular complexity index is 617. The lowest BCUT2D eigenvalue weighted by Crippen LogP contribution is -2.45. The zero-order chi connectivity index (χ0) is 17.4. The fourth-order valence-electron chi connectivity index (χ4n) is 4.71. The van der Waals surface area contributed by atoms with Gasteiger partial charge in [0.1, 0.15) is 0 Å². The summed E-state index contributed by atoms with van der Waals surface area (Å²) < 4.78 is 7.31. The molecular formula is C19H30N4O2. The number of methoxy groups -OCH3 is 1. The number of carbonyl (C=O) groups is 1. The number of amides is 1. The average Bonchev–Trinajstić information content (AvgIpc) is 3.27. The first-order valence-electron chi connectivity index (χ1n) is 9.57. The van der Waals surface area contributed by atoms with Gasteiger partial charge in [-0.1, -0.05) is 0 Å². The highest BCUT2D eigenvalue weighted by atomic mass is 16.5. The van der Waals surface area contributed by atoms with Crippen molar-refractivity contribution in [3.8, 4) is 0 Å². The number of rotatable bonds is 6. The first-order valence-corrected chi connectivity index (χ1v) is 9.57. The lowest BCUT2D eigenvalue weighted by atomic mass is 9.71. The van der Waals surface area contributed by atoms with E-state index < -0.39 is 0 Å². The first kappa shape index (κ1) is 17.0. The number of hydrogen-bond acceptors (Lipinski definition) is 4. The van der Waals surface area contributed by atoms with Crippen LogP contribution in [0.4, 0.5) is 0 Å². The van der Waals surface area contributed by atoms with E-state index in [-0.39, 0.29) is 11.3 Å². The van der Waals surface area contributed by atoms with Gasteiger partial charge in [-0.25, -0.2) is 0 Å². The standard InChI is InChI=1S/C19H30N4O2/c1-21-10-16(9-20-21)11-22-7-5-19(6-8-22)14-23(12-15-3-4-15)18(24)17(19)13-25-2/h9-10,15,17H,3-8,11-14H2,1-2H3/t17-/m1/s1. The molecular weight excluding hydrogens is 316 g/mol. The molecule has 6 nitrogen and oxygen atoms in total. The van der Waals surface area contributed by atoms with Gasteiger partial charge in [0.25, 0.3) is 0 Å². The summed E-state index contributed by atoms with van der Waals surface area (Å²) in [5, 5.41) is 4.26. The van der Waals surface area contributed by atoms with Gasteiger partial charge in [0.05, 0.1) is 18.7 Å². The Kier molecular flexibility index (Phi) is 4.58. The van der Waals surface area contributed by atoms with Crippen molar-refractivity contribution in [2.75, 3.05) is 39.9 Å². The molecule has 3 heterocycles. The second-order valence-electron chi connectivity index (χ2n) is 8.33. The third kappa shape index (κ3) is 3.47. The van der Waals surface area contributed by atoms with Gasteiger partial charge in [0, 0.05) is 51.0 Å². The van der Waals surface area contributed by atoms with Crippen LogP contribution in [0.5, 0.6) is 0 Å². The lowest BCUT2D eigenvalue weighted by Gasteiger charge is -2.41. The van der Waals surface area contributed by atoms with Crippen molar-refractivity contribution in [1.82, 2.24) is 19.6 Å². The first-order chi connectivity index (χ1) is 12.1. The minimum atomic E-state index is 0.0526. The number of likely N-dealkylation sites (tertiary alicyclic amines) is 2. The number of piperidine rings is 1. The van der Waals surface area contributed by atoms with Crippen LogP contribution in [0.25, 0.3) is 0 Å². The van der Waals surface area contributed by atoms with Crippen molar-refractivity contribution in [2.24, 2.45) is 24.3 Å². The van der Waals surface area contributed by atoms with Crippen LogP contribution in [-0.2, 0) is 23.1 Å². The number of nitrogens with zero attached hydrogens (tertiary/aromatic N) is 4. The van der Waals surface area contributed by atoms with Gasteiger partial charge in [0.2, 0.25) is 5.91 Å². The Morgan fingerprint density at radius 2 is 2.08 bits per heavy atom. The molecule has 25 heavy (non-hydrogen) atoms. The van der Waals surface area contributed by atoms with Gasteiger partial charge in [0.15, 0.2) is 0 Å². The normalized spacial score (nSPS) is 26.7. The molecule has 2 aliphatic heterocycles. The summed E-state index contributed by atoms with van der Waals surface area (Å²) in [6.07, 6.45) is 8.82. The molecule has 1 spiro atoms. The number of ether oxygens (including phenoxy) is 1. The van der Waals surface area contributed by atoms with E-state index in [1.807, 2.05) is 17.9 Å². The van der Waals surface area contributed by atoms with Crippen molar-refractivity contribution < 1.29 is 9.53 Å². The predicted octanol–water partition coefficient (Wildman–Crippen LogP) is 1.52. The zero-order valence-electron chi connectivity index (χ0n) is 15.5. The minimum absolute atomic E-state index is 0.0526. The number of aromatic nitrogens is 2. The van der Waals surface area contributed by atoms with Gasteiger partial charge >= 0.3 is 0 Å². The molecule has 0 bridgehead atoms. The third-order valence-corrected chi connectivity index (χ3v) is 6.38. The molecule has 0 N–H and O–H groups in total. The van der Waals surface area contributed by atoms with Gasteiger partial charge in [-0.2, -0.15) is 5.10 Å². The maximum absolute atomic E-state index is 12.9. The monoisotopic (exact) mass is 346 g/mol. The predicted molar refractivity (Wildman–Crippen MR) is 94.8 cm³/mol. The SMILES string of the molecule is COC[C@@H]1C(=O)N(CC2CC2)CC12CCN(Cc1cnn(C)c1)CC2. The van der Waals surface area contributed by atoms with Crippen LogP contribution in [-0.4, -0.2) is 65.4 Å². The zero-order valence-corrected chi connectivity index (χ0v) is 15.5. The summed E-state index contributed by atoms with van der Waals surface area (Å²) in [6, 6.07) is 0. The molecule has 1 amide bonds. The minimum Gasteiger partial charge on any atom is -0.384 e. The molecule has 1 aromatic rings. The van der Waals surface area contributed by atoms with Crippen LogP contribution in [0.3, 0.4) is 0 Å². The van der Waals surface area contributed by atoms with E-state index in [1.165, 1.54) is 18.4 Å². The van der Waals surface area contributed by atoms with E-state index in [0.29, 0.717) is 12.5 Å². The summed E-state index contributed by atoms with van der Waals surface area (Å²) in [7, 11) is 3.69. The molecule has 3 fully saturated rings. The van der Waals surface area contributed by atoms with E-state index in [4.69, 9.17) is 4.74 Å². The molecule has 4 rings (SSSR count). The number of carbonyl (C=O) groups excluding carboxylic acids is 1. The van der Waals surface area contributed by atoms with E-state index in [9.17, 15) is 4.79 Å². The van der Waals surface area contributed by atoms with Gasteiger partial charge in [-0.05, 0) is 44.7 Å². The molecule has 1 aromatic heterocycles. The number of aryl methyl sites for hydroxylation is 1. The fraction of sp³-hybridized carbons (Fsp3) is 0.789. The highest BCUT2D eigenvalue weighted by Crippen LogP contribution is 2.46. The van der Waals surface area contributed by atoms with Crippen molar-refractivity contribution in [3.63, 3.8) is 0 Å². The van der Waals surface area contributed by atoms with Crippen molar-refractivity contribution in [3.05, 3.63) is 18.0 Å². The molecule has 138 valence electrons. The Balaban J connectivity index is 1.41. The van der Waals surface area contributed by atoms with Crippen LogP contribution in [0, 0.1) is 17.3 Å². The average molecular weight is 346 g/mol. The largest absolute Gasteiger partial charge is 0.384 e. The van der Waals surface area contributed by atoms with Crippen LogP contribution >= 0.6 is 0 Å². The van der Waals surface area contributed by atoms with Crippen LogP contribution in [0.15, 0.2) is 12.4 Å². The van der Waals surface area contributed by atoms with E-state index in [2.05, 4.69) is 21.1 Å². The third-order valence-electron chi connectivity index (χ3n) is 6.38. The van der Waals surface area contributed by atoms with Crippen LogP contribution < -0.4 is 0 Å². The second-order valence-corrected chi connectivity index (χ2v) is 8.33. The van der Waals surface area contributed by atoms with Gasteiger partial charge < -0.3 is 9.64 Å². The second kappa shape index (κ2) is 6.72. The molecule has 2 saturated heterocycles. The van der Waals surface area contributed by atoms with Crippen LogP contribution in [0.1, 0.15) is 31.2 Å². The Morgan fingerprint density at radius 3 is 2.68 bits per heavy atom. The maximum atomic E-state index is 12.9. The summed E-state index contributed by atoms with van der Waals surface area (Å²) in [4.78, 5) is 17.6. The number of hydrogen-bond donors (Lipinski definition) is 0. The van der Waals surface area contributed by atoms with Gasteiger partial charge in [-0.3, -0.25) is 14.4 Å². The molecule has 3 aliphatic rings. The maximum Gasteiger partial charge on any atom is 0.228 e. The molecule has 0 radical (unpaired) electrons. The highest BCUT2D eigenvalue weighted by molar-refractivity contribution is 5.82. The Labute approximate surface area is 150 Å². The highest BCUT2D eigenvalue weighted by Gasteiger charge is 2.53. The lowest BCUT2D eigenvalue weighted by molar-refractivity contribution is -0.133. The van der Waals surface area contributed by atoms with Crippen molar-refractivity contribution >= 4 is 5.91 Å². The topological polar surface area (TPSA) is 50.6 Å². The van der Waals surface area contributed by atoms with E-state index in [0.717, 1.165) is 51.5 Å². The summed E-state index contributed by atoms with van der Waals surface area (Å²) >= 11 is 0. The Morgan fingerprint density at radius 1 is 1.32 bits per heavy atom. The van der Waals surface area contributed by atoms with Gasteiger partial charge in [-0.15, -0.1) is 0 Å². The molecule has 0 aromatic carbocycles. The van der Waals surface area contributed by atoms with Crippen molar-refractivity contribution in [1.29, 1.82) is 0 Å². The summed E-state index contributed by atoms with van der Waals surface area (Å²) in [5.74, 6) is 1.15. The van der Waals surface area contributed by atoms with Crippen molar-refractivity contribution in [2.45, 2.75) is 32.2 Å². The molecule has 1 aliphatic carbocycles. The molecule has 6 heteroatoms. The fourth-order valence-corrected chi connectivity index (χ4v) is 4.71. The van der Waals surface area contributed by atoms with Crippen LogP contribution in [0.2, 0.25) is 0 Å². The molecule has 1 atom stereocenters. The Hall–Kier alpha value is -1.40. The smallest absolute Gasteiger partial charge is 0.228 e. The van der Waals surface area contributed by atoms with E-state index >= 15 is 0 Å². The van der Waals surface area contributed by atoms with E-state index in [1.54, 1.807) is 7.11 Å². The molecule has 0 unspecified atom stereocenters. The summed E-state index contributed by atoms with van der Waals surface area (Å²) in [6.45, 7) is 5.55. The quantitative estimate of drug-likeness (QED) is 0.784. The molecule has 1 saturated carbocycles.